The number of hydrogen-bond acceptors (Lipinski definition) is 2. The van der Waals surface area contributed by atoms with Crippen molar-refractivity contribution in [1.29, 1.82) is 0 Å². The second kappa shape index (κ2) is 9.56. The van der Waals surface area contributed by atoms with E-state index in [-0.39, 0.29) is 24.7 Å². The fourth-order valence-electron chi connectivity index (χ4n) is 3.46. The van der Waals surface area contributed by atoms with Gasteiger partial charge in [0.15, 0.2) is 0 Å². The molecule has 1 aromatic carbocycles. The average Bonchev–Trinajstić information content (AvgIpc) is 2.55. The molecule has 1 aromatic rings. The van der Waals surface area contributed by atoms with Gasteiger partial charge in [0.1, 0.15) is 0 Å². The highest BCUT2D eigenvalue weighted by molar-refractivity contribution is 5.74. The highest BCUT2D eigenvalue weighted by atomic mass is 16.3. The van der Waals surface area contributed by atoms with Crippen molar-refractivity contribution in [3.63, 3.8) is 0 Å². The lowest BCUT2D eigenvalue weighted by atomic mass is 9.81. The number of benzene rings is 1. The van der Waals surface area contributed by atoms with Crippen LogP contribution in [-0.4, -0.2) is 29.8 Å². The van der Waals surface area contributed by atoms with Gasteiger partial charge in [-0.05, 0) is 50.5 Å². The van der Waals surface area contributed by atoms with Crippen molar-refractivity contribution in [2.75, 3.05) is 6.61 Å². The van der Waals surface area contributed by atoms with Crippen molar-refractivity contribution in [3.8, 4) is 0 Å². The van der Waals surface area contributed by atoms with Gasteiger partial charge in [-0.1, -0.05) is 43.2 Å². The van der Waals surface area contributed by atoms with Crippen LogP contribution in [0.2, 0.25) is 0 Å². The van der Waals surface area contributed by atoms with Crippen LogP contribution in [0.25, 0.3) is 0 Å². The summed E-state index contributed by atoms with van der Waals surface area (Å²) >= 11 is 0. The summed E-state index contributed by atoms with van der Waals surface area (Å²) in [5, 5.41) is 15.0. The third-order valence-corrected chi connectivity index (χ3v) is 4.74. The largest absolute Gasteiger partial charge is 0.396 e. The molecule has 1 aliphatic rings. The van der Waals surface area contributed by atoms with Gasteiger partial charge in [0, 0.05) is 18.7 Å². The lowest BCUT2D eigenvalue weighted by molar-refractivity contribution is 0.212. The average molecular weight is 318 g/mol. The molecule has 0 aliphatic heterocycles. The minimum Gasteiger partial charge on any atom is -0.396 e. The minimum atomic E-state index is -0.0691. The maximum atomic E-state index is 12.2. The second-order valence-electron chi connectivity index (χ2n) is 6.73. The van der Waals surface area contributed by atoms with Gasteiger partial charge in [-0.3, -0.25) is 0 Å². The molecule has 0 heterocycles. The van der Waals surface area contributed by atoms with E-state index in [1.807, 2.05) is 13.0 Å². The van der Waals surface area contributed by atoms with Gasteiger partial charge in [0.25, 0.3) is 0 Å². The van der Waals surface area contributed by atoms with E-state index >= 15 is 0 Å². The van der Waals surface area contributed by atoms with E-state index in [4.69, 9.17) is 5.11 Å². The zero-order valence-electron chi connectivity index (χ0n) is 14.1. The van der Waals surface area contributed by atoms with Crippen LogP contribution in [0.5, 0.6) is 0 Å². The number of rotatable bonds is 7. The molecule has 1 aliphatic carbocycles. The van der Waals surface area contributed by atoms with Crippen molar-refractivity contribution < 1.29 is 9.90 Å². The Bertz CT molecular complexity index is 464. The van der Waals surface area contributed by atoms with Crippen molar-refractivity contribution in [2.45, 2.75) is 64.0 Å². The molecule has 2 rings (SSSR count). The molecule has 4 nitrogen and oxygen atoms in total. The smallest absolute Gasteiger partial charge is 0.315 e. The molecule has 128 valence electrons. The van der Waals surface area contributed by atoms with Crippen molar-refractivity contribution in [2.24, 2.45) is 5.92 Å². The summed E-state index contributed by atoms with van der Waals surface area (Å²) in [5.41, 5.74) is 1.35. The maximum Gasteiger partial charge on any atom is 0.315 e. The molecule has 0 spiro atoms. The van der Waals surface area contributed by atoms with Crippen LogP contribution in [-0.2, 0) is 6.42 Å². The van der Waals surface area contributed by atoms with E-state index in [2.05, 4.69) is 34.9 Å². The van der Waals surface area contributed by atoms with Crippen LogP contribution in [0.1, 0.15) is 51.0 Å². The monoisotopic (exact) mass is 318 g/mol. The van der Waals surface area contributed by atoms with Gasteiger partial charge in [-0.25, -0.2) is 4.79 Å². The highest BCUT2D eigenvalue weighted by Crippen LogP contribution is 2.27. The predicted molar refractivity (Wildman–Crippen MR) is 93.3 cm³/mol. The standard InChI is InChI=1S/C19H30N2O2/c1-15(8-7-13-22)20-19(23)21-18-12-6-5-11-17(18)14-16-9-3-2-4-10-16/h2-4,9-10,15,17-18,22H,5-8,11-14H2,1H3,(H2,20,21,23). The summed E-state index contributed by atoms with van der Waals surface area (Å²) in [7, 11) is 0. The molecular formula is C19H30N2O2. The summed E-state index contributed by atoms with van der Waals surface area (Å²) in [6, 6.07) is 10.8. The van der Waals surface area contributed by atoms with Crippen molar-refractivity contribution in [3.05, 3.63) is 35.9 Å². The van der Waals surface area contributed by atoms with Crippen LogP contribution >= 0.6 is 0 Å². The van der Waals surface area contributed by atoms with Crippen molar-refractivity contribution >= 4 is 6.03 Å². The van der Waals surface area contributed by atoms with E-state index in [0.717, 1.165) is 25.7 Å². The Morgan fingerprint density at radius 1 is 1.26 bits per heavy atom. The van der Waals surface area contributed by atoms with Gasteiger partial charge >= 0.3 is 6.03 Å². The van der Waals surface area contributed by atoms with Gasteiger partial charge in [0.2, 0.25) is 0 Å². The number of aliphatic hydroxyl groups is 1. The van der Waals surface area contributed by atoms with Crippen molar-refractivity contribution in [1.82, 2.24) is 10.6 Å². The van der Waals surface area contributed by atoms with Gasteiger partial charge < -0.3 is 15.7 Å². The first-order chi connectivity index (χ1) is 11.2. The molecule has 0 saturated heterocycles. The number of amides is 2. The van der Waals surface area contributed by atoms with E-state index < -0.39 is 0 Å². The lowest BCUT2D eigenvalue weighted by Gasteiger charge is -2.32. The maximum absolute atomic E-state index is 12.2. The molecule has 2 amide bonds. The third-order valence-electron chi connectivity index (χ3n) is 4.74. The summed E-state index contributed by atoms with van der Waals surface area (Å²) < 4.78 is 0. The minimum absolute atomic E-state index is 0.0691. The molecule has 0 radical (unpaired) electrons. The first-order valence-electron chi connectivity index (χ1n) is 8.91. The number of carbonyl (C=O) groups excluding carboxylic acids is 1. The SMILES string of the molecule is CC(CCCO)NC(=O)NC1CCCCC1Cc1ccccc1. The molecule has 1 fully saturated rings. The van der Waals surface area contributed by atoms with E-state index in [0.29, 0.717) is 5.92 Å². The van der Waals surface area contributed by atoms with E-state index in [9.17, 15) is 4.79 Å². The van der Waals surface area contributed by atoms with Gasteiger partial charge in [-0.2, -0.15) is 0 Å². The number of nitrogens with one attached hydrogen (secondary N) is 2. The quantitative estimate of drug-likeness (QED) is 0.723. The molecular weight excluding hydrogens is 288 g/mol. The normalized spacial score (nSPS) is 22.3. The highest BCUT2D eigenvalue weighted by Gasteiger charge is 2.26. The zero-order valence-corrected chi connectivity index (χ0v) is 14.1. The zero-order chi connectivity index (χ0) is 16.5. The molecule has 3 unspecified atom stereocenters. The Morgan fingerprint density at radius 2 is 2.00 bits per heavy atom. The predicted octanol–water partition coefficient (Wildman–Crippen LogP) is 3.25. The second-order valence-corrected chi connectivity index (χ2v) is 6.73. The van der Waals surface area contributed by atoms with Gasteiger partial charge in [-0.15, -0.1) is 0 Å². The molecule has 0 aromatic heterocycles. The number of urea groups is 1. The number of aliphatic hydroxyl groups excluding tert-OH is 1. The van der Waals surface area contributed by atoms with Crippen LogP contribution in [0.3, 0.4) is 0 Å². The third kappa shape index (κ3) is 6.22. The molecule has 4 heteroatoms. The topological polar surface area (TPSA) is 61.4 Å². The summed E-state index contributed by atoms with van der Waals surface area (Å²) in [4.78, 5) is 12.2. The Balaban J connectivity index is 1.84. The molecule has 3 N–H and O–H groups in total. The van der Waals surface area contributed by atoms with E-state index in [1.165, 1.54) is 24.8 Å². The Hall–Kier alpha value is -1.55. The van der Waals surface area contributed by atoms with Crippen LogP contribution in [0, 0.1) is 5.92 Å². The molecule has 3 atom stereocenters. The van der Waals surface area contributed by atoms with Crippen LogP contribution < -0.4 is 10.6 Å². The Labute approximate surface area is 139 Å². The summed E-state index contributed by atoms with van der Waals surface area (Å²) in [5.74, 6) is 0.518. The van der Waals surface area contributed by atoms with Gasteiger partial charge in [0.05, 0.1) is 0 Å². The van der Waals surface area contributed by atoms with Crippen LogP contribution in [0.15, 0.2) is 30.3 Å². The first-order valence-corrected chi connectivity index (χ1v) is 8.91. The molecule has 23 heavy (non-hydrogen) atoms. The molecule has 0 bridgehead atoms. The number of carbonyl (C=O) groups is 1. The first kappa shape index (κ1) is 17.8. The Kier molecular flexibility index (Phi) is 7.40. The Morgan fingerprint density at radius 3 is 2.74 bits per heavy atom. The van der Waals surface area contributed by atoms with Crippen LogP contribution in [0.4, 0.5) is 4.79 Å². The fraction of sp³-hybridized carbons (Fsp3) is 0.632. The number of hydrogen-bond donors (Lipinski definition) is 3. The fourth-order valence-corrected chi connectivity index (χ4v) is 3.46. The summed E-state index contributed by atoms with van der Waals surface area (Å²) in [6.07, 6.45) is 7.26. The van der Waals surface area contributed by atoms with E-state index in [1.54, 1.807) is 0 Å². The molecule has 1 saturated carbocycles. The lowest BCUT2D eigenvalue weighted by Crippen LogP contribution is -2.49. The summed E-state index contributed by atoms with van der Waals surface area (Å²) in [6.45, 7) is 2.16.